The Hall–Kier alpha value is -1.16. The van der Waals surface area contributed by atoms with Crippen LogP contribution in [-0.2, 0) is 0 Å². The van der Waals surface area contributed by atoms with Gasteiger partial charge in [-0.15, -0.1) is 22.7 Å². The van der Waals surface area contributed by atoms with Crippen molar-refractivity contribution in [2.24, 2.45) is 0 Å². The lowest BCUT2D eigenvalue weighted by atomic mass is 10.2. The number of fused-ring (bicyclic) bond motifs is 1. The minimum atomic E-state index is 0.0584. The van der Waals surface area contributed by atoms with Crippen LogP contribution >= 0.6 is 34.3 Å². The van der Waals surface area contributed by atoms with Gasteiger partial charge in [-0.05, 0) is 29.7 Å². The van der Waals surface area contributed by atoms with Crippen molar-refractivity contribution in [3.05, 3.63) is 56.6 Å². The van der Waals surface area contributed by atoms with Crippen molar-refractivity contribution in [3.8, 4) is 0 Å². The second kappa shape index (κ2) is 4.26. The first-order valence-electron chi connectivity index (χ1n) is 5.02. The van der Waals surface area contributed by atoms with Crippen LogP contribution < -0.4 is 0 Å². The van der Waals surface area contributed by atoms with Crippen molar-refractivity contribution in [3.63, 3.8) is 0 Å². The van der Waals surface area contributed by atoms with Gasteiger partial charge in [-0.2, -0.15) is 0 Å². The molecule has 1 nitrogen and oxygen atoms in total. The Morgan fingerprint density at radius 2 is 1.82 bits per heavy atom. The highest BCUT2D eigenvalue weighted by molar-refractivity contribution is 7.23. The van der Waals surface area contributed by atoms with Crippen molar-refractivity contribution in [1.82, 2.24) is 0 Å². The van der Waals surface area contributed by atoms with Gasteiger partial charge in [0.25, 0.3) is 0 Å². The molecule has 17 heavy (non-hydrogen) atoms. The molecule has 2 aromatic heterocycles. The number of ketones is 1. The zero-order valence-electron chi connectivity index (χ0n) is 8.64. The van der Waals surface area contributed by atoms with Gasteiger partial charge in [-0.3, -0.25) is 4.79 Å². The molecule has 0 saturated heterocycles. The fraction of sp³-hybridized carbons (Fsp3) is 0. The van der Waals surface area contributed by atoms with E-state index < -0.39 is 0 Å². The summed E-state index contributed by atoms with van der Waals surface area (Å²) in [6, 6.07) is 13.5. The van der Waals surface area contributed by atoms with Crippen LogP contribution in [0.15, 0.2) is 42.5 Å². The molecule has 0 radical (unpaired) electrons. The van der Waals surface area contributed by atoms with Crippen LogP contribution in [-0.4, -0.2) is 5.78 Å². The van der Waals surface area contributed by atoms with E-state index >= 15 is 0 Å². The Morgan fingerprint density at radius 1 is 1.00 bits per heavy atom. The van der Waals surface area contributed by atoms with E-state index in [-0.39, 0.29) is 5.78 Å². The molecule has 0 unspecified atom stereocenters. The monoisotopic (exact) mass is 278 g/mol. The minimum Gasteiger partial charge on any atom is -0.287 e. The molecule has 0 saturated carbocycles. The molecule has 0 spiro atoms. The highest BCUT2D eigenvalue weighted by Gasteiger charge is 2.14. The average molecular weight is 279 g/mol. The SMILES string of the molecule is O=C(c1ccc(Cl)s1)c1cc2ccccc2s1. The first-order chi connectivity index (χ1) is 8.24. The van der Waals surface area contributed by atoms with Crippen molar-refractivity contribution < 1.29 is 4.79 Å². The topological polar surface area (TPSA) is 17.1 Å². The summed E-state index contributed by atoms with van der Waals surface area (Å²) in [5.41, 5.74) is 0. The summed E-state index contributed by atoms with van der Waals surface area (Å²) in [6.07, 6.45) is 0. The Balaban J connectivity index is 2.06. The van der Waals surface area contributed by atoms with Crippen LogP contribution in [0, 0.1) is 0 Å². The second-order valence-electron chi connectivity index (χ2n) is 3.58. The molecule has 0 aliphatic heterocycles. The van der Waals surface area contributed by atoms with Crippen molar-refractivity contribution in [2.45, 2.75) is 0 Å². The molecule has 0 aliphatic rings. The van der Waals surface area contributed by atoms with E-state index in [0.717, 1.165) is 15.0 Å². The van der Waals surface area contributed by atoms with Crippen LogP contribution in [0.5, 0.6) is 0 Å². The van der Waals surface area contributed by atoms with E-state index in [0.29, 0.717) is 9.21 Å². The van der Waals surface area contributed by atoms with E-state index in [1.807, 2.05) is 30.3 Å². The fourth-order valence-electron chi connectivity index (χ4n) is 1.65. The van der Waals surface area contributed by atoms with E-state index in [4.69, 9.17) is 11.6 Å². The summed E-state index contributed by atoms with van der Waals surface area (Å²) in [7, 11) is 0. The third kappa shape index (κ3) is 2.02. The lowest BCUT2D eigenvalue weighted by Crippen LogP contribution is -1.93. The van der Waals surface area contributed by atoms with E-state index in [1.54, 1.807) is 12.1 Å². The third-order valence-electron chi connectivity index (χ3n) is 2.45. The van der Waals surface area contributed by atoms with Gasteiger partial charge in [0.1, 0.15) is 0 Å². The van der Waals surface area contributed by atoms with Gasteiger partial charge in [0.15, 0.2) is 0 Å². The Bertz CT molecular complexity index is 663. The smallest absolute Gasteiger partial charge is 0.212 e. The summed E-state index contributed by atoms with van der Waals surface area (Å²) in [5, 5.41) is 1.11. The largest absolute Gasteiger partial charge is 0.287 e. The molecule has 0 N–H and O–H groups in total. The molecule has 0 amide bonds. The maximum atomic E-state index is 12.2. The first-order valence-corrected chi connectivity index (χ1v) is 7.04. The summed E-state index contributed by atoms with van der Waals surface area (Å²) in [5.74, 6) is 0.0584. The molecular formula is C13H7ClOS2. The number of halogens is 1. The Kier molecular flexibility index (Phi) is 2.74. The molecule has 4 heteroatoms. The second-order valence-corrected chi connectivity index (χ2v) is 6.38. The molecule has 3 rings (SSSR count). The van der Waals surface area contributed by atoms with Gasteiger partial charge in [0.05, 0.1) is 14.1 Å². The van der Waals surface area contributed by atoms with Crippen molar-refractivity contribution in [1.29, 1.82) is 0 Å². The predicted octanol–water partition coefficient (Wildman–Crippen LogP) is 4.85. The zero-order valence-corrected chi connectivity index (χ0v) is 11.0. The van der Waals surface area contributed by atoms with Gasteiger partial charge < -0.3 is 0 Å². The number of thiophene rings is 2. The van der Waals surface area contributed by atoms with Crippen molar-refractivity contribution >= 4 is 50.1 Å². The quantitative estimate of drug-likeness (QED) is 0.613. The maximum Gasteiger partial charge on any atom is 0.212 e. The number of hydrogen-bond donors (Lipinski definition) is 0. The number of hydrogen-bond acceptors (Lipinski definition) is 3. The van der Waals surface area contributed by atoms with Gasteiger partial charge >= 0.3 is 0 Å². The van der Waals surface area contributed by atoms with Crippen LogP contribution in [0.3, 0.4) is 0 Å². The highest BCUT2D eigenvalue weighted by atomic mass is 35.5. The standard InChI is InChI=1S/C13H7ClOS2/c14-12-6-5-10(17-12)13(15)11-7-8-3-1-2-4-9(8)16-11/h1-7H. The van der Waals surface area contributed by atoms with E-state index in [9.17, 15) is 4.79 Å². The van der Waals surface area contributed by atoms with Crippen LogP contribution in [0.1, 0.15) is 14.5 Å². The van der Waals surface area contributed by atoms with Gasteiger partial charge in [-0.25, -0.2) is 0 Å². The van der Waals surface area contributed by atoms with Crippen molar-refractivity contribution in [2.75, 3.05) is 0 Å². The molecule has 0 atom stereocenters. The van der Waals surface area contributed by atoms with E-state index in [1.165, 1.54) is 22.7 Å². The van der Waals surface area contributed by atoms with Gasteiger partial charge in [0, 0.05) is 4.70 Å². The normalized spacial score (nSPS) is 10.9. The fourth-order valence-corrected chi connectivity index (χ4v) is 3.73. The van der Waals surface area contributed by atoms with Crippen LogP contribution in [0.25, 0.3) is 10.1 Å². The molecule has 84 valence electrons. The molecule has 0 bridgehead atoms. The maximum absolute atomic E-state index is 12.2. The van der Waals surface area contributed by atoms with Crippen LogP contribution in [0.2, 0.25) is 4.34 Å². The molecule has 0 aliphatic carbocycles. The third-order valence-corrected chi connectivity index (χ3v) is 4.79. The minimum absolute atomic E-state index is 0.0584. The number of carbonyl (C=O) groups excluding carboxylic acids is 1. The summed E-state index contributed by atoms with van der Waals surface area (Å²) >= 11 is 8.69. The highest BCUT2D eigenvalue weighted by Crippen LogP contribution is 2.30. The summed E-state index contributed by atoms with van der Waals surface area (Å²) < 4.78 is 1.79. The van der Waals surface area contributed by atoms with E-state index in [2.05, 4.69) is 0 Å². The molecule has 3 aromatic rings. The average Bonchev–Trinajstić information content (AvgIpc) is 2.93. The first kappa shape index (κ1) is 11.0. The van der Waals surface area contributed by atoms with Gasteiger partial charge in [0.2, 0.25) is 5.78 Å². The molecule has 1 aromatic carbocycles. The molecule has 2 heterocycles. The lowest BCUT2D eigenvalue weighted by Gasteiger charge is -1.90. The van der Waals surface area contributed by atoms with Crippen LogP contribution in [0.4, 0.5) is 0 Å². The Morgan fingerprint density at radius 3 is 2.53 bits per heavy atom. The number of rotatable bonds is 2. The summed E-state index contributed by atoms with van der Waals surface area (Å²) in [6.45, 7) is 0. The van der Waals surface area contributed by atoms with Gasteiger partial charge in [-0.1, -0.05) is 29.8 Å². The lowest BCUT2D eigenvalue weighted by molar-refractivity contribution is 0.104. The predicted molar refractivity (Wildman–Crippen MR) is 74.6 cm³/mol. The zero-order chi connectivity index (χ0) is 11.8. The number of carbonyl (C=O) groups is 1. The Labute approximate surface area is 111 Å². The molecule has 0 fully saturated rings. The molecular weight excluding hydrogens is 272 g/mol. The number of benzene rings is 1. The summed E-state index contributed by atoms with van der Waals surface area (Å²) in [4.78, 5) is 13.7.